The molecule has 1 aromatic heterocycles. The van der Waals surface area contributed by atoms with Gasteiger partial charge in [0.2, 0.25) is 0 Å². The molecule has 0 saturated carbocycles. The predicted molar refractivity (Wildman–Crippen MR) is 78.5 cm³/mol. The van der Waals surface area contributed by atoms with Gasteiger partial charge in [-0.2, -0.15) is 5.26 Å². The second kappa shape index (κ2) is 4.77. The fourth-order valence-corrected chi connectivity index (χ4v) is 2.62. The number of hydrogen-bond donors (Lipinski definition) is 1. The molecule has 1 aliphatic heterocycles. The number of pyridine rings is 1. The Morgan fingerprint density at radius 1 is 1.45 bits per heavy atom. The van der Waals surface area contributed by atoms with Gasteiger partial charge in [-0.15, -0.1) is 0 Å². The average molecular weight is 267 g/mol. The summed E-state index contributed by atoms with van der Waals surface area (Å²) in [6.45, 7) is 4.95. The molecule has 2 unspecified atom stereocenters. The number of para-hydroxylation sites is 1. The van der Waals surface area contributed by atoms with Crippen LogP contribution in [0, 0.1) is 11.3 Å². The van der Waals surface area contributed by atoms with Crippen LogP contribution >= 0.6 is 0 Å². The molecule has 1 aromatic carbocycles. The fraction of sp³-hybridized carbons (Fsp3) is 0.375. The summed E-state index contributed by atoms with van der Waals surface area (Å²) in [7, 11) is 0. The van der Waals surface area contributed by atoms with Crippen molar-refractivity contribution in [3.05, 3.63) is 35.9 Å². The summed E-state index contributed by atoms with van der Waals surface area (Å²) in [5, 5.41) is 13.6. The van der Waals surface area contributed by atoms with Crippen LogP contribution in [0.5, 0.6) is 0 Å². The Labute approximate surface area is 118 Å². The zero-order chi connectivity index (χ0) is 14.2. The lowest BCUT2D eigenvalue weighted by atomic mass is 9.94. The molecule has 0 aliphatic carbocycles. The molecule has 4 nitrogen and oxygen atoms in total. The van der Waals surface area contributed by atoms with E-state index in [0.717, 1.165) is 29.7 Å². The van der Waals surface area contributed by atoms with Gasteiger partial charge in [0.1, 0.15) is 5.82 Å². The van der Waals surface area contributed by atoms with Crippen LogP contribution in [-0.2, 0) is 4.74 Å². The Bertz CT molecular complexity index is 692. The summed E-state index contributed by atoms with van der Waals surface area (Å²) < 4.78 is 5.63. The van der Waals surface area contributed by atoms with E-state index in [9.17, 15) is 5.26 Å². The average Bonchev–Trinajstić information content (AvgIpc) is 2.77. The molecular weight excluding hydrogens is 250 g/mol. The van der Waals surface area contributed by atoms with Crippen molar-refractivity contribution in [2.75, 3.05) is 11.9 Å². The van der Waals surface area contributed by atoms with Gasteiger partial charge in [-0.05, 0) is 32.4 Å². The highest BCUT2D eigenvalue weighted by Crippen LogP contribution is 2.30. The van der Waals surface area contributed by atoms with Crippen LogP contribution in [0.25, 0.3) is 10.9 Å². The molecule has 20 heavy (non-hydrogen) atoms. The first-order chi connectivity index (χ1) is 9.62. The maximum atomic E-state index is 9.31. The van der Waals surface area contributed by atoms with E-state index in [2.05, 4.69) is 30.2 Å². The first-order valence-corrected chi connectivity index (χ1v) is 6.82. The largest absolute Gasteiger partial charge is 0.376 e. The van der Waals surface area contributed by atoms with Crippen LogP contribution in [-0.4, -0.2) is 23.2 Å². The van der Waals surface area contributed by atoms with Crippen LogP contribution < -0.4 is 5.32 Å². The first-order valence-electron chi connectivity index (χ1n) is 6.82. The van der Waals surface area contributed by atoms with Crippen LogP contribution in [0.3, 0.4) is 0 Å². The van der Waals surface area contributed by atoms with Gasteiger partial charge in [0.15, 0.2) is 0 Å². The van der Waals surface area contributed by atoms with Crippen molar-refractivity contribution in [1.82, 2.24) is 4.98 Å². The van der Waals surface area contributed by atoms with E-state index >= 15 is 0 Å². The summed E-state index contributed by atoms with van der Waals surface area (Å²) in [6, 6.07) is 11.8. The molecular formula is C16H17N3O. The van der Waals surface area contributed by atoms with E-state index in [1.54, 1.807) is 0 Å². The highest BCUT2D eigenvalue weighted by molar-refractivity contribution is 5.86. The standard InChI is InChI=1S/C16H17N3O/c1-11-16(2,7-8-20-11)19-15-9-12(10-17)13-5-3-4-6-14(13)18-15/h3-6,9,11H,7-8H2,1-2H3,(H,18,19). The van der Waals surface area contributed by atoms with Crippen molar-refractivity contribution in [3.63, 3.8) is 0 Å². The Hall–Kier alpha value is -2.12. The third kappa shape index (κ3) is 2.10. The van der Waals surface area contributed by atoms with Crippen molar-refractivity contribution in [1.29, 1.82) is 5.26 Å². The third-order valence-corrected chi connectivity index (χ3v) is 4.14. The van der Waals surface area contributed by atoms with Gasteiger partial charge in [-0.1, -0.05) is 18.2 Å². The number of anilines is 1. The molecule has 4 heteroatoms. The van der Waals surface area contributed by atoms with E-state index in [0.29, 0.717) is 5.56 Å². The van der Waals surface area contributed by atoms with E-state index in [1.165, 1.54) is 0 Å². The predicted octanol–water partition coefficient (Wildman–Crippen LogP) is 3.09. The Morgan fingerprint density at radius 3 is 2.95 bits per heavy atom. The van der Waals surface area contributed by atoms with E-state index in [4.69, 9.17) is 4.74 Å². The number of aromatic nitrogens is 1. The van der Waals surface area contributed by atoms with Gasteiger partial charge in [0.25, 0.3) is 0 Å². The smallest absolute Gasteiger partial charge is 0.128 e. The zero-order valence-corrected chi connectivity index (χ0v) is 11.7. The van der Waals surface area contributed by atoms with Crippen molar-refractivity contribution in [2.24, 2.45) is 0 Å². The number of fused-ring (bicyclic) bond motifs is 1. The van der Waals surface area contributed by atoms with Gasteiger partial charge in [0, 0.05) is 12.0 Å². The molecule has 1 fully saturated rings. The van der Waals surface area contributed by atoms with Crippen molar-refractivity contribution in [3.8, 4) is 6.07 Å². The third-order valence-electron chi connectivity index (χ3n) is 4.14. The number of rotatable bonds is 2. The molecule has 1 saturated heterocycles. The number of nitrogens with zero attached hydrogens (tertiary/aromatic N) is 2. The molecule has 0 amide bonds. The Balaban J connectivity index is 2.03. The monoisotopic (exact) mass is 267 g/mol. The van der Waals surface area contributed by atoms with Gasteiger partial charge < -0.3 is 10.1 Å². The van der Waals surface area contributed by atoms with Crippen molar-refractivity contribution >= 4 is 16.7 Å². The van der Waals surface area contributed by atoms with Gasteiger partial charge in [-0.25, -0.2) is 4.98 Å². The molecule has 0 spiro atoms. The first kappa shape index (κ1) is 12.9. The van der Waals surface area contributed by atoms with E-state index in [-0.39, 0.29) is 11.6 Å². The molecule has 3 rings (SSSR count). The van der Waals surface area contributed by atoms with E-state index < -0.39 is 0 Å². The second-order valence-electron chi connectivity index (χ2n) is 5.49. The fourth-order valence-electron chi connectivity index (χ4n) is 2.62. The topological polar surface area (TPSA) is 57.9 Å². The molecule has 0 bridgehead atoms. The minimum Gasteiger partial charge on any atom is -0.376 e. The number of nitrogens with one attached hydrogen (secondary N) is 1. The van der Waals surface area contributed by atoms with Gasteiger partial charge >= 0.3 is 0 Å². The molecule has 2 aromatic rings. The molecule has 102 valence electrons. The zero-order valence-electron chi connectivity index (χ0n) is 11.7. The maximum absolute atomic E-state index is 9.31. The molecule has 2 heterocycles. The Kier molecular flexibility index (Phi) is 3.07. The quantitative estimate of drug-likeness (QED) is 0.908. The van der Waals surface area contributed by atoms with Gasteiger partial charge in [-0.3, -0.25) is 0 Å². The molecule has 1 aliphatic rings. The van der Waals surface area contributed by atoms with Crippen molar-refractivity contribution in [2.45, 2.75) is 31.9 Å². The summed E-state index contributed by atoms with van der Waals surface area (Å²) in [5.41, 5.74) is 1.35. The summed E-state index contributed by atoms with van der Waals surface area (Å²) in [4.78, 5) is 4.61. The molecule has 1 N–H and O–H groups in total. The second-order valence-corrected chi connectivity index (χ2v) is 5.49. The maximum Gasteiger partial charge on any atom is 0.128 e. The number of benzene rings is 1. The number of ether oxygens (including phenoxy) is 1. The minimum absolute atomic E-state index is 0.126. The molecule has 2 atom stereocenters. The lowest BCUT2D eigenvalue weighted by Gasteiger charge is -2.29. The number of nitriles is 1. The molecule has 0 radical (unpaired) electrons. The van der Waals surface area contributed by atoms with Crippen LogP contribution in [0.4, 0.5) is 5.82 Å². The van der Waals surface area contributed by atoms with Crippen molar-refractivity contribution < 1.29 is 4.74 Å². The Morgan fingerprint density at radius 2 is 2.25 bits per heavy atom. The normalized spacial score (nSPS) is 25.6. The highest BCUT2D eigenvalue weighted by atomic mass is 16.5. The van der Waals surface area contributed by atoms with E-state index in [1.807, 2.05) is 30.3 Å². The summed E-state index contributed by atoms with van der Waals surface area (Å²) in [5.74, 6) is 0.736. The highest BCUT2D eigenvalue weighted by Gasteiger charge is 2.37. The minimum atomic E-state index is -0.137. The lowest BCUT2D eigenvalue weighted by Crippen LogP contribution is -2.41. The number of hydrogen-bond acceptors (Lipinski definition) is 4. The van der Waals surface area contributed by atoms with Crippen LogP contribution in [0.2, 0.25) is 0 Å². The van der Waals surface area contributed by atoms with Gasteiger partial charge in [0.05, 0.1) is 28.8 Å². The SMILES string of the molecule is CC1OCCC1(C)Nc1cc(C#N)c2ccccc2n1. The van der Waals surface area contributed by atoms with Crippen LogP contribution in [0.1, 0.15) is 25.8 Å². The summed E-state index contributed by atoms with van der Waals surface area (Å²) in [6.07, 6.45) is 1.06. The van der Waals surface area contributed by atoms with Crippen LogP contribution in [0.15, 0.2) is 30.3 Å². The lowest BCUT2D eigenvalue weighted by molar-refractivity contribution is 0.105. The summed E-state index contributed by atoms with van der Waals surface area (Å²) >= 11 is 0.